The number of halogens is 3. The average molecular weight is 342 g/mol. The first-order chi connectivity index (χ1) is 11.4. The zero-order chi connectivity index (χ0) is 17.7. The van der Waals surface area contributed by atoms with Crippen LogP contribution < -0.4 is 19.5 Å². The first-order valence-electron chi connectivity index (χ1n) is 6.96. The first-order valence-corrected chi connectivity index (χ1v) is 6.96. The van der Waals surface area contributed by atoms with Crippen molar-refractivity contribution in [2.75, 3.05) is 26.6 Å². The molecule has 0 fully saturated rings. The molecule has 0 atom stereocenters. The van der Waals surface area contributed by atoms with Crippen LogP contribution >= 0.6 is 0 Å². The number of rotatable bonds is 6. The molecule has 0 saturated carbocycles. The fourth-order valence-corrected chi connectivity index (χ4v) is 2.26. The number of nitrogens with one attached hydrogen (secondary N) is 1. The van der Waals surface area contributed by atoms with E-state index in [1.54, 1.807) is 12.1 Å². The lowest BCUT2D eigenvalue weighted by atomic mass is 10.1. The van der Waals surface area contributed by atoms with Crippen molar-refractivity contribution < 1.29 is 27.4 Å². The highest BCUT2D eigenvalue weighted by molar-refractivity contribution is 5.57. The van der Waals surface area contributed by atoms with Gasteiger partial charge < -0.3 is 19.5 Å². The predicted molar refractivity (Wildman–Crippen MR) is 82.7 cm³/mol. The lowest BCUT2D eigenvalue weighted by Crippen LogP contribution is -2.12. The molecule has 24 heavy (non-hydrogen) atoms. The predicted octanol–water partition coefficient (Wildman–Crippen LogP) is 3.74. The van der Waals surface area contributed by atoms with Crippen LogP contribution in [0.1, 0.15) is 11.1 Å². The van der Waals surface area contributed by atoms with Gasteiger partial charge in [-0.2, -0.15) is 13.2 Å². The van der Waals surface area contributed by atoms with Crippen LogP contribution in [0.3, 0.4) is 0 Å². The van der Waals surface area contributed by atoms with E-state index >= 15 is 0 Å². The summed E-state index contributed by atoms with van der Waals surface area (Å²) in [5, 5.41) is 2.69. The lowest BCUT2D eigenvalue weighted by Gasteiger charge is -2.17. The monoisotopic (exact) mass is 342 g/mol. The normalized spacial score (nSPS) is 11.1. The van der Waals surface area contributed by atoms with Gasteiger partial charge in [0.25, 0.3) is 0 Å². The van der Waals surface area contributed by atoms with Crippen molar-refractivity contribution in [3.05, 3.63) is 41.6 Å². The number of anilines is 1. The SMILES string of the molecule is COc1ccc(CNc2ncccc2C(F)(F)F)c(OC)c1OC. The molecule has 0 spiro atoms. The molecule has 0 saturated heterocycles. The van der Waals surface area contributed by atoms with Crippen molar-refractivity contribution in [1.82, 2.24) is 4.98 Å². The number of methoxy groups -OCH3 is 3. The number of aromatic nitrogens is 1. The van der Waals surface area contributed by atoms with Crippen LogP contribution in [0, 0.1) is 0 Å². The van der Waals surface area contributed by atoms with Crippen LogP contribution in [-0.4, -0.2) is 26.3 Å². The highest BCUT2D eigenvalue weighted by Gasteiger charge is 2.34. The van der Waals surface area contributed by atoms with E-state index in [0.717, 1.165) is 6.07 Å². The van der Waals surface area contributed by atoms with Gasteiger partial charge in [0.1, 0.15) is 5.82 Å². The lowest BCUT2D eigenvalue weighted by molar-refractivity contribution is -0.137. The second kappa shape index (κ2) is 7.29. The molecule has 0 aliphatic rings. The van der Waals surface area contributed by atoms with E-state index in [2.05, 4.69) is 10.3 Å². The van der Waals surface area contributed by atoms with Gasteiger partial charge in [0, 0.05) is 18.3 Å². The Morgan fingerprint density at radius 1 is 1.00 bits per heavy atom. The summed E-state index contributed by atoms with van der Waals surface area (Å²) in [6, 6.07) is 5.55. The molecule has 0 aliphatic carbocycles. The average Bonchev–Trinajstić information content (AvgIpc) is 2.58. The Bertz CT molecular complexity index is 705. The third-order valence-corrected chi connectivity index (χ3v) is 3.35. The molecule has 1 N–H and O–H groups in total. The molecule has 5 nitrogen and oxygen atoms in total. The largest absolute Gasteiger partial charge is 0.493 e. The van der Waals surface area contributed by atoms with Gasteiger partial charge in [-0.15, -0.1) is 0 Å². The van der Waals surface area contributed by atoms with Crippen molar-refractivity contribution in [1.29, 1.82) is 0 Å². The Balaban J connectivity index is 2.31. The summed E-state index contributed by atoms with van der Waals surface area (Å²) in [6.45, 7) is 0.0730. The van der Waals surface area contributed by atoms with Crippen LogP contribution in [0.15, 0.2) is 30.5 Å². The third-order valence-electron chi connectivity index (χ3n) is 3.35. The first kappa shape index (κ1) is 17.7. The molecule has 8 heteroatoms. The maximum Gasteiger partial charge on any atom is 0.419 e. The van der Waals surface area contributed by atoms with Gasteiger partial charge in [0.2, 0.25) is 5.75 Å². The number of alkyl halides is 3. The molecule has 0 aliphatic heterocycles. The number of hydrogen-bond acceptors (Lipinski definition) is 5. The molecule has 2 rings (SSSR count). The fourth-order valence-electron chi connectivity index (χ4n) is 2.26. The van der Waals surface area contributed by atoms with Crippen molar-refractivity contribution in [2.45, 2.75) is 12.7 Å². The molecule has 1 aromatic carbocycles. The smallest absolute Gasteiger partial charge is 0.419 e. The van der Waals surface area contributed by atoms with Gasteiger partial charge in [-0.25, -0.2) is 4.98 Å². The Hall–Kier alpha value is -2.64. The van der Waals surface area contributed by atoms with Crippen LogP contribution in [0.25, 0.3) is 0 Å². The zero-order valence-corrected chi connectivity index (χ0v) is 13.4. The van der Waals surface area contributed by atoms with Gasteiger partial charge in [0.05, 0.1) is 26.9 Å². The minimum Gasteiger partial charge on any atom is -0.493 e. The topological polar surface area (TPSA) is 52.6 Å². The van der Waals surface area contributed by atoms with Gasteiger partial charge >= 0.3 is 6.18 Å². The van der Waals surface area contributed by atoms with Gasteiger partial charge in [-0.1, -0.05) is 0 Å². The fraction of sp³-hybridized carbons (Fsp3) is 0.312. The molecule has 0 amide bonds. The standard InChI is InChI=1S/C16H17F3N2O3/c1-22-12-7-6-10(13(23-2)14(12)24-3)9-21-15-11(16(17,18)19)5-4-8-20-15/h4-8H,9H2,1-3H3,(H,20,21). The third kappa shape index (κ3) is 3.64. The number of benzene rings is 1. The Morgan fingerprint density at radius 3 is 2.29 bits per heavy atom. The second-order valence-corrected chi connectivity index (χ2v) is 4.74. The summed E-state index contributed by atoms with van der Waals surface area (Å²) in [7, 11) is 4.39. The van der Waals surface area contributed by atoms with Gasteiger partial charge in [-0.05, 0) is 24.3 Å². The van der Waals surface area contributed by atoms with E-state index in [1.165, 1.54) is 33.6 Å². The molecule has 0 radical (unpaired) electrons. The van der Waals surface area contributed by atoms with E-state index in [0.29, 0.717) is 22.8 Å². The van der Waals surface area contributed by atoms with Gasteiger partial charge in [0.15, 0.2) is 11.5 Å². The maximum absolute atomic E-state index is 13.0. The van der Waals surface area contributed by atoms with Crippen LogP contribution in [0.2, 0.25) is 0 Å². The minimum atomic E-state index is -4.49. The number of pyridine rings is 1. The van der Waals surface area contributed by atoms with Crippen molar-refractivity contribution in [3.8, 4) is 17.2 Å². The second-order valence-electron chi connectivity index (χ2n) is 4.74. The molecule has 0 bridgehead atoms. The van der Waals surface area contributed by atoms with Crippen molar-refractivity contribution in [2.24, 2.45) is 0 Å². The highest BCUT2D eigenvalue weighted by atomic mass is 19.4. The van der Waals surface area contributed by atoms with E-state index in [9.17, 15) is 13.2 Å². The molecular weight excluding hydrogens is 325 g/mol. The molecular formula is C16H17F3N2O3. The summed E-state index contributed by atoms with van der Waals surface area (Å²) in [5.41, 5.74) is -0.224. The molecule has 1 aromatic heterocycles. The number of ether oxygens (including phenoxy) is 3. The molecule has 130 valence electrons. The Morgan fingerprint density at radius 2 is 1.71 bits per heavy atom. The summed E-state index contributed by atoms with van der Waals surface area (Å²) in [4.78, 5) is 3.76. The van der Waals surface area contributed by atoms with Crippen molar-refractivity contribution in [3.63, 3.8) is 0 Å². The summed E-state index contributed by atoms with van der Waals surface area (Å²) >= 11 is 0. The minimum absolute atomic E-state index is 0.0730. The quantitative estimate of drug-likeness (QED) is 0.867. The highest BCUT2D eigenvalue weighted by Crippen LogP contribution is 2.40. The summed E-state index contributed by atoms with van der Waals surface area (Å²) in [6.07, 6.45) is -3.19. The number of nitrogens with zero attached hydrogens (tertiary/aromatic N) is 1. The molecule has 0 unspecified atom stereocenters. The molecule has 1 heterocycles. The van der Waals surface area contributed by atoms with E-state index in [4.69, 9.17) is 14.2 Å². The molecule has 2 aromatic rings. The number of hydrogen-bond donors (Lipinski definition) is 1. The summed E-state index contributed by atoms with van der Waals surface area (Å²) < 4.78 is 54.7. The van der Waals surface area contributed by atoms with E-state index in [1.807, 2.05) is 0 Å². The van der Waals surface area contributed by atoms with Gasteiger partial charge in [-0.3, -0.25) is 0 Å². The zero-order valence-electron chi connectivity index (χ0n) is 13.4. The maximum atomic E-state index is 13.0. The summed E-state index contributed by atoms with van der Waals surface area (Å²) in [5.74, 6) is 0.971. The van der Waals surface area contributed by atoms with Crippen molar-refractivity contribution >= 4 is 5.82 Å². The van der Waals surface area contributed by atoms with Crippen LogP contribution in [0.4, 0.5) is 19.0 Å². The Kier molecular flexibility index (Phi) is 5.38. The van der Waals surface area contributed by atoms with E-state index in [-0.39, 0.29) is 12.4 Å². The van der Waals surface area contributed by atoms with E-state index < -0.39 is 11.7 Å². The van der Waals surface area contributed by atoms with Crippen LogP contribution in [-0.2, 0) is 12.7 Å². The van der Waals surface area contributed by atoms with Crippen LogP contribution in [0.5, 0.6) is 17.2 Å². The Labute approximate surface area is 137 Å².